The second kappa shape index (κ2) is 9.34. The number of nitrogens with zero attached hydrogens (tertiary/aromatic N) is 5. The summed E-state index contributed by atoms with van der Waals surface area (Å²) in [5.74, 6) is 0.0646. The number of aryl methyl sites for hydroxylation is 1. The van der Waals surface area contributed by atoms with Crippen LogP contribution in [0.2, 0.25) is 0 Å². The van der Waals surface area contributed by atoms with Gasteiger partial charge >= 0.3 is 0 Å². The van der Waals surface area contributed by atoms with Crippen molar-refractivity contribution in [2.75, 3.05) is 13.6 Å². The van der Waals surface area contributed by atoms with Crippen molar-refractivity contribution in [1.29, 1.82) is 0 Å². The van der Waals surface area contributed by atoms with Crippen LogP contribution in [-0.4, -0.2) is 56.6 Å². The number of thiophene rings is 1. The molecule has 2 aromatic heterocycles. The smallest absolute Gasteiger partial charge is 0.261 e. The molecule has 0 aliphatic carbocycles. The molecule has 0 bridgehead atoms. The van der Waals surface area contributed by atoms with E-state index in [1.807, 2.05) is 17.0 Å². The lowest BCUT2D eigenvalue weighted by molar-refractivity contribution is -0.133. The molecule has 1 aliphatic rings. The highest BCUT2D eigenvalue weighted by Gasteiger charge is 2.28. The van der Waals surface area contributed by atoms with E-state index in [0.29, 0.717) is 19.4 Å². The standard InChI is InChI=1S/C21H26N6O2S/c1-22-21(29)20-17(16-8-4-5-9-18(16)30-20)13-15-7-3-2-6-11-27(15)19(28)10-12-26-14-23-24-25-26/h4-5,8-9,14-15H,2-3,6-7,10-13H2,1H3,(H,22,29)/t15-/m1/s1. The quantitative estimate of drug-likeness (QED) is 0.654. The lowest BCUT2D eigenvalue weighted by atomic mass is 9.97. The van der Waals surface area contributed by atoms with Crippen LogP contribution in [0.25, 0.3) is 10.1 Å². The predicted molar refractivity (Wildman–Crippen MR) is 115 cm³/mol. The van der Waals surface area contributed by atoms with Gasteiger partial charge in [0.25, 0.3) is 5.91 Å². The van der Waals surface area contributed by atoms with Gasteiger partial charge in [0.1, 0.15) is 6.33 Å². The third kappa shape index (κ3) is 4.35. The number of nitrogens with one attached hydrogen (secondary N) is 1. The van der Waals surface area contributed by atoms with E-state index in [2.05, 4.69) is 33.0 Å². The van der Waals surface area contributed by atoms with Crippen LogP contribution in [0, 0.1) is 0 Å². The topological polar surface area (TPSA) is 93.0 Å². The van der Waals surface area contributed by atoms with Gasteiger partial charge in [-0.25, -0.2) is 4.68 Å². The first-order chi connectivity index (χ1) is 14.7. The van der Waals surface area contributed by atoms with E-state index >= 15 is 0 Å². The third-order valence-corrected chi connectivity index (χ3v) is 6.93. The van der Waals surface area contributed by atoms with Crippen molar-refractivity contribution in [1.82, 2.24) is 30.4 Å². The minimum atomic E-state index is -0.0589. The first-order valence-corrected chi connectivity index (χ1v) is 11.2. The number of rotatable bonds is 6. The SMILES string of the molecule is CNC(=O)c1sc2ccccc2c1C[C@H]1CCCCCN1C(=O)CCn1cnnn1. The fourth-order valence-corrected chi connectivity index (χ4v) is 5.37. The zero-order valence-electron chi connectivity index (χ0n) is 17.1. The van der Waals surface area contributed by atoms with Gasteiger partial charge < -0.3 is 10.2 Å². The maximum Gasteiger partial charge on any atom is 0.261 e. The maximum absolute atomic E-state index is 13.1. The average molecular weight is 427 g/mol. The van der Waals surface area contributed by atoms with Gasteiger partial charge in [-0.05, 0) is 46.7 Å². The van der Waals surface area contributed by atoms with E-state index < -0.39 is 0 Å². The number of aromatic nitrogens is 4. The summed E-state index contributed by atoms with van der Waals surface area (Å²) in [7, 11) is 1.66. The summed E-state index contributed by atoms with van der Waals surface area (Å²) in [5, 5.41) is 15.0. The summed E-state index contributed by atoms with van der Waals surface area (Å²) in [6, 6.07) is 8.23. The zero-order chi connectivity index (χ0) is 20.9. The molecule has 8 nitrogen and oxygen atoms in total. The molecule has 3 heterocycles. The Morgan fingerprint density at radius 3 is 2.90 bits per heavy atom. The van der Waals surface area contributed by atoms with Crippen LogP contribution >= 0.6 is 11.3 Å². The molecule has 3 aromatic rings. The monoisotopic (exact) mass is 426 g/mol. The van der Waals surface area contributed by atoms with E-state index in [1.54, 1.807) is 11.7 Å². The Kier molecular flexibility index (Phi) is 6.37. The molecular weight excluding hydrogens is 400 g/mol. The summed E-state index contributed by atoms with van der Waals surface area (Å²) < 4.78 is 2.69. The van der Waals surface area contributed by atoms with E-state index in [0.717, 1.165) is 52.8 Å². The molecule has 1 aliphatic heterocycles. The molecule has 0 spiro atoms. The van der Waals surface area contributed by atoms with Gasteiger partial charge in [0.05, 0.1) is 11.4 Å². The van der Waals surface area contributed by atoms with Crippen molar-refractivity contribution in [2.45, 2.75) is 51.1 Å². The van der Waals surface area contributed by atoms with Crippen LogP contribution < -0.4 is 5.32 Å². The Balaban J connectivity index is 1.59. The van der Waals surface area contributed by atoms with Crippen LogP contribution in [0.1, 0.15) is 47.3 Å². The number of benzene rings is 1. The summed E-state index contributed by atoms with van der Waals surface area (Å²) in [6.07, 6.45) is 6.78. The van der Waals surface area contributed by atoms with E-state index in [9.17, 15) is 9.59 Å². The van der Waals surface area contributed by atoms with Crippen LogP contribution in [0.4, 0.5) is 0 Å². The molecule has 4 rings (SSSR count). The van der Waals surface area contributed by atoms with Crippen LogP contribution in [-0.2, 0) is 17.8 Å². The van der Waals surface area contributed by atoms with E-state index in [-0.39, 0.29) is 17.9 Å². The van der Waals surface area contributed by atoms with E-state index in [4.69, 9.17) is 0 Å². The van der Waals surface area contributed by atoms with Crippen molar-refractivity contribution in [2.24, 2.45) is 0 Å². The number of amides is 2. The average Bonchev–Trinajstić information content (AvgIpc) is 3.35. The van der Waals surface area contributed by atoms with Crippen molar-refractivity contribution in [3.8, 4) is 0 Å². The van der Waals surface area contributed by atoms with Gasteiger partial charge in [0, 0.05) is 30.8 Å². The summed E-state index contributed by atoms with van der Waals surface area (Å²) in [6.45, 7) is 1.23. The molecule has 158 valence electrons. The van der Waals surface area contributed by atoms with Crippen LogP contribution in [0.15, 0.2) is 30.6 Å². The lowest BCUT2D eigenvalue weighted by Crippen LogP contribution is -2.41. The normalized spacial score (nSPS) is 17.1. The minimum Gasteiger partial charge on any atom is -0.354 e. The Labute approximate surface area is 179 Å². The fourth-order valence-electron chi connectivity index (χ4n) is 4.19. The highest BCUT2D eigenvalue weighted by atomic mass is 32.1. The molecule has 30 heavy (non-hydrogen) atoms. The molecule has 1 fully saturated rings. The summed E-state index contributed by atoms with van der Waals surface area (Å²) in [5.41, 5.74) is 1.06. The Hall–Kier alpha value is -2.81. The summed E-state index contributed by atoms with van der Waals surface area (Å²) >= 11 is 1.53. The number of likely N-dealkylation sites (tertiary alicyclic amines) is 1. The van der Waals surface area contributed by atoms with Crippen molar-refractivity contribution < 1.29 is 9.59 Å². The summed E-state index contributed by atoms with van der Waals surface area (Å²) in [4.78, 5) is 28.4. The number of hydrogen-bond acceptors (Lipinski definition) is 6. The zero-order valence-corrected chi connectivity index (χ0v) is 17.9. The molecular formula is C21H26N6O2S. The molecule has 0 radical (unpaired) electrons. The molecule has 0 saturated carbocycles. The maximum atomic E-state index is 13.1. The number of carbonyl (C=O) groups excluding carboxylic acids is 2. The Morgan fingerprint density at radius 1 is 1.23 bits per heavy atom. The van der Waals surface area contributed by atoms with Crippen molar-refractivity contribution >= 4 is 33.2 Å². The van der Waals surface area contributed by atoms with Gasteiger partial charge in [0.2, 0.25) is 5.91 Å². The first kappa shape index (κ1) is 20.5. The number of hydrogen-bond donors (Lipinski definition) is 1. The highest BCUT2D eigenvalue weighted by molar-refractivity contribution is 7.21. The second-order valence-electron chi connectivity index (χ2n) is 7.60. The Morgan fingerprint density at radius 2 is 2.10 bits per heavy atom. The van der Waals surface area contributed by atoms with Gasteiger partial charge in [-0.15, -0.1) is 16.4 Å². The number of carbonyl (C=O) groups is 2. The molecule has 2 amide bonds. The molecule has 9 heteroatoms. The number of tetrazole rings is 1. The van der Waals surface area contributed by atoms with Crippen molar-refractivity contribution in [3.05, 3.63) is 41.0 Å². The molecule has 1 atom stereocenters. The first-order valence-electron chi connectivity index (χ1n) is 10.4. The predicted octanol–water partition coefficient (Wildman–Crippen LogP) is 2.65. The molecule has 1 aromatic carbocycles. The lowest BCUT2D eigenvalue weighted by Gasteiger charge is -2.30. The Bertz CT molecular complexity index is 1020. The third-order valence-electron chi connectivity index (χ3n) is 5.72. The highest BCUT2D eigenvalue weighted by Crippen LogP contribution is 2.34. The molecule has 1 saturated heterocycles. The largest absolute Gasteiger partial charge is 0.354 e. The number of fused-ring (bicyclic) bond motifs is 1. The van der Waals surface area contributed by atoms with Gasteiger partial charge in [-0.2, -0.15) is 0 Å². The van der Waals surface area contributed by atoms with Crippen LogP contribution in [0.5, 0.6) is 0 Å². The van der Waals surface area contributed by atoms with Crippen LogP contribution in [0.3, 0.4) is 0 Å². The molecule has 1 N–H and O–H groups in total. The van der Waals surface area contributed by atoms with E-state index in [1.165, 1.54) is 17.7 Å². The minimum absolute atomic E-state index is 0.0589. The second-order valence-corrected chi connectivity index (χ2v) is 8.65. The van der Waals surface area contributed by atoms with Gasteiger partial charge in [-0.1, -0.05) is 31.0 Å². The fraction of sp³-hybridized carbons (Fsp3) is 0.476. The molecule has 0 unspecified atom stereocenters. The van der Waals surface area contributed by atoms with Gasteiger partial charge in [-0.3, -0.25) is 9.59 Å². The van der Waals surface area contributed by atoms with Crippen molar-refractivity contribution in [3.63, 3.8) is 0 Å². The van der Waals surface area contributed by atoms with Gasteiger partial charge in [0.15, 0.2) is 0 Å².